The molecule has 1 aliphatic carbocycles. The quantitative estimate of drug-likeness (QED) is 0.400. The van der Waals surface area contributed by atoms with Crippen molar-refractivity contribution in [1.29, 1.82) is 0 Å². The van der Waals surface area contributed by atoms with Crippen LogP contribution in [0.2, 0.25) is 0 Å². The molecule has 0 radical (unpaired) electrons. The molecule has 1 aliphatic rings. The van der Waals surface area contributed by atoms with E-state index < -0.39 is 11.6 Å². The van der Waals surface area contributed by atoms with Gasteiger partial charge in [0.1, 0.15) is 17.5 Å². The van der Waals surface area contributed by atoms with Crippen molar-refractivity contribution in [3.8, 4) is 11.8 Å². The fraction of sp³-hybridized carbons (Fsp3) is 0.308. The fourth-order valence-corrected chi connectivity index (χ4v) is 4.28. The Hall–Kier alpha value is -2.73. The average molecular weight is 392 g/mol. The molecule has 0 saturated heterocycles. The van der Waals surface area contributed by atoms with E-state index in [1.807, 2.05) is 0 Å². The van der Waals surface area contributed by atoms with Crippen LogP contribution in [-0.2, 0) is 0 Å². The van der Waals surface area contributed by atoms with Gasteiger partial charge >= 0.3 is 0 Å². The maximum absolute atomic E-state index is 14.6. The lowest BCUT2D eigenvalue weighted by molar-refractivity contribution is 0.318. The second-order valence-electron chi connectivity index (χ2n) is 7.94. The molecule has 0 heterocycles. The van der Waals surface area contributed by atoms with Crippen LogP contribution in [0.3, 0.4) is 0 Å². The van der Waals surface area contributed by atoms with Gasteiger partial charge in [0.25, 0.3) is 0 Å². The third-order valence-corrected chi connectivity index (χ3v) is 6.09. The molecular formula is C26H23F3. The number of halogens is 3. The molecule has 0 atom stereocenters. The number of rotatable bonds is 2. The lowest BCUT2D eigenvalue weighted by Gasteiger charge is -2.28. The molecule has 0 spiro atoms. The summed E-state index contributed by atoms with van der Waals surface area (Å²) in [6.07, 6.45) is 5.39. The molecule has 3 heteroatoms. The first-order valence-corrected chi connectivity index (χ1v) is 10.2. The number of hydrogen-bond acceptors (Lipinski definition) is 0. The highest BCUT2D eigenvalue weighted by Gasteiger charge is 2.23. The number of fused-ring (bicyclic) bond motifs is 1. The van der Waals surface area contributed by atoms with Gasteiger partial charge in [-0.3, -0.25) is 0 Å². The summed E-state index contributed by atoms with van der Waals surface area (Å²) < 4.78 is 42.5. The summed E-state index contributed by atoms with van der Waals surface area (Å²) in [6, 6.07) is 12.7. The van der Waals surface area contributed by atoms with Gasteiger partial charge in [-0.05, 0) is 90.3 Å². The van der Waals surface area contributed by atoms with Gasteiger partial charge in [-0.15, -0.1) is 0 Å². The van der Waals surface area contributed by atoms with Crippen molar-refractivity contribution in [2.45, 2.75) is 44.9 Å². The summed E-state index contributed by atoms with van der Waals surface area (Å²) in [4.78, 5) is 0. The molecule has 0 amide bonds. The number of hydrogen-bond donors (Lipinski definition) is 0. The Kier molecular flexibility index (Phi) is 5.62. The van der Waals surface area contributed by atoms with Crippen molar-refractivity contribution in [1.82, 2.24) is 0 Å². The molecular weight excluding hydrogens is 369 g/mol. The molecule has 0 nitrogen and oxygen atoms in total. The Balaban J connectivity index is 1.58. The first kappa shape index (κ1) is 19.6. The monoisotopic (exact) mass is 392 g/mol. The van der Waals surface area contributed by atoms with Gasteiger partial charge in [-0.25, -0.2) is 13.2 Å². The SMILES string of the molecule is CCC1CCC(c2cc(F)c(C#Cc3ccc4cc(F)ccc4c3)c(F)c2)CC1. The molecule has 0 unspecified atom stereocenters. The Bertz CT molecular complexity index is 1070. The van der Waals surface area contributed by atoms with E-state index >= 15 is 0 Å². The maximum Gasteiger partial charge on any atom is 0.142 e. The second-order valence-corrected chi connectivity index (χ2v) is 7.94. The summed E-state index contributed by atoms with van der Waals surface area (Å²) in [7, 11) is 0. The van der Waals surface area contributed by atoms with Crippen molar-refractivity contribution in [2.75, 3.05) is 0 Å². The third-order valence-electron chi connectivity index (χ3n) is 6.09. The molecule has 0 aromatic heterocycles. The minimum absolute atomic E-state index is 0.199. The van der Waals surface area contributed by atoms with Crippen molar-refractivity contribution in [3.63, 3.8) is 0 Å². The second kappa shape index (κ2) is 8.33. The molecule has 1 saturated carbocycles. The summed E-state index contributed by atoms with van der Waals surface area (Å²) in [6.45, 7) is 2.20. The summed E-state index contributed by atoms with van der Waals surface area (Å²) in [5.41, 5.74) is 1.17. The van der Waals surface area contributed by atoms with E-state index in [0.29, 0.717) is 5.56 Å². The van der Waals surface area contributed by atoms with Gasteiger partial charge in [0.15, 0.2) is 0 Å². The molecule has 4 rings (SSSR count). The highest BCUT2D eigenvalue weighted by atomic mass is 19.1. The van der Waals surface area contributed by atoms with Crippen LogP contribution in [-0.4, -0.2) is 0 Å². The summed E-state index contributed by atoms with van der Waals surface area (Å²) in [5.74, 6) is 4.94. The zero-order valence-corrected chi connectivity index (χ0v) is 16.4. The van der Waals surface area contributed by atoms with Crippen LogP contribution in [0.5, 0.6) is 0 Å². The lowest BCUT2D eigenvalue weighted by atomic mass is 9.77. The van der Waals surface area contributed by atoms with Crippen LogP contribution < -0.4 is 0 Å². The Morgan fingerprint density at radius 3 is 2.14 bits per heavy atom. The molecule has 3 aromatic rings. The highest BCUT2D eigenvalue weighted by Crippen LogP contribution is 2.37. The van der Waals surface area contributed by atoms with Gasteiger partial charge in [-0.2, -0.15) is 0 Å². The van der Waals surface area contributed by atoms with Crippen LogP contribution in [0.25, 0.3) is 10.8 Å². The predicted octanol–water partition coefficient (Wildman–Crippen LogP) is 7.34. The third kappa shape index (κ3) is 4.32. The van der Waals surface area contributed by atoms with Crippen LogP contribution in [0.15, 0.2) is 48.5 Å². The largest absolute Gasteiger partial charge is 0.207 e. The molecule has 0 N–H and O–H groups in total. The van der Waals surface area contributed by atoms with E-state index in [0.717, 1.165) is 47.9 Å². The van der Waals surface area contributed by atoms with Crippen molar-refractivity contribution < 1.29 is 13.2 Å². The molecule has 0 bridgehead atoms. The van der Waals surface area contributed by atoms with Crippen LogP contribution >= 0.6 is 0 Å². The normalized spacial score (nSPS) is 19.0. The van der Waals surface area contributed by atoms with Crippen LogP contribution in [0.1, 0.15) is 61.6 Å². The molecule has 3 aromatic carbocycles. The lowest BCUT2D eigenvalue weighted by Crippen LogP contribution is -2.13. The molecule has 0 aliphatic heterocycles. The van der Waals surface area contributed by atoms with Gasteiger partial charge in [-0.1, -0.05) is 37.3 Å². The van der Waals surface area contributed by atoms with Gasteiger partial charge in [0.05, 0.1) is 5.56 Å². The molecule has 29 heavy (non-hydrogen) atoms. The van der Waals surface area contributed by atoms with E-state index in [9.17, 15) is 13.2 Å². The van der Waals surface area contributed by atoms with Crippen molar-refractivity contribution in [3.05, 3.63) is 82.7 Å². The Morgan fingerprint density at radius 2 is 1.45 bits per heavy atom. The van der Waals surface area contributed by atoms with Crippen molar-refractivity contribution in [2.24, 2.45) is 5.92 Å². The van der Waals surface area contributed by atoms with Crippen LogP contribution in [0.4, 0.5) is 13.2 Å². The van der Waals surface area contributed by atoms with E-state index in [2.05, 4.69) is 18.8 Å². The minimum atomic E-state index is -0.604. The van der Waals surface area contributed by atoms with E-state index in [4.69, 9.17) is 0 Å². The topological polar surface area (TPSA) is 0 Å². The standard InChI is InChI=1S/C26H23F3/c1-2-17-3-7-19(8-4-17)22-15-25(28)24(26(29)16-22)12-6-18-5-9-21-14-23(27)11-10-20(21)13-18/h5,9-11,13-17,19H,2-4,7-8H2,1H3. The summed E-state index contributed by atoms with van der Waals surface area (Å²) >= 11 is 0. The van der Waals surface area contributed by atoms with Gasteiger partial charge in [0.2, 0.25) is 0 Å². The smallest absolute Gasteiger partial charge is 0.142 e. The maximum atomic E-state index is 14.6. The summed E-state index contributed by atoms with van der Waals surface area (Å²) in [5, 5.41) is 1.59. The van der Waals surface area contributed by atoms with Gasteiger partial charge in [0, 0.05) is 5.56 Å². The van der Waals surface area contributed by atoms with Crippen molar-refractivity contribution >= 4 is 10.8 Å². The van der Waals surface area contributed by atoms with Gasteiger partial charge < -0.3 is 0 Å². The van der Waals surface area contributed by atoms with E-state index in [1.54, 1.807) is 24.3 Å². The Morgan fingerprint density at radius 1 is 0.793 bits per heavy atom. The molecule has 148 valence electrons. The van der Waals surface area contributed by atoms with Crippen LogP contribution in [0, 0.1) is 35.2 Å². The minimum Gasteiger partial charge on any atom is -0.207 e. The Labute approximate surface area is 169 Å². The van der Waals surface area contributed by atoms with E-state index in [-0.39, 0.29) is 17.3 Å². The zero-order chi connectivity index (χ0) is 20.4. The highest BCUT2D eigenvalue weighted by molar-refractivity contribution is 5.84. The molecule has 1 fully saturated rings. The zero-order valence-electron chi connectivity index (χ0n) is 16.4. The first-order chi connectivity index (χ1) is 14.0. The fourth-order valence-electron chi connectivity index (χ4n) is 4.28. The van der Waals surface area contributed by atoms with E-state index in [1.165, 1.54) is 30.7 Å². The predicted molar refractivity (Wildman–Crippen MR) is 111 cm³/mol. The first-order valence-electron chi connectivity index (χ1n) is 10.2. The average Bonchev–Trinajstić information content (AvgIpc) is 2.73. The number of benzene rings is 3.